The largest absolute Gasteiger partial charge is 0.504 e. The second-order valence-corrected chi connectivity index (χ2v) is 4.89. The van der Waals surface area contributed by atoms with E-state index < -0.39 is 11.2 Å². The summed E-state index contributed by atoms with van der Waals surface area (Å²) in [5.41, 5.74) is -0.108. The standard InChI is InChI=1S/C15H9ClO5/c16-8-2-4-12-9(6-8)13(19)14(20)15(21-12)7-1-3-10(17)11(18)5-7/h1-6,17-18,20H. The minimum absolute atomic E-state index is 0.0925. The molecule has 0 saturated carbocycles. The molecule has 6 heteroatoms. The number of hydrogen-bond acceptors (Lipinski definition) is 5. The van der Waals surface area contributed by atoms with Crippen LogP contribution in [0.5, 0.6) is 17.2 Å². The first kappa shape index (κ1) is 13.3. The maximum Gasteiger partial charge on any atom is 0.235 e. The highest BCUT2D eigenvalue weighted by molar-refractivity contribution is 6.31. The Bertz CT molecular complexity index is 914. The van der Waals surface area contributed by atoms with Crippen molar-refractivity contribution in [2.45, 2.75) is 0 Å². The van der Waals surface area contributed by atoms with Crippen molar-refractivity contribution in [1.82, 2.24) is 0 Å². The number of aromatic hydroxyl groups is 3. The highest BCUT2D eigenvalue weighted by atomic mass is 35.5. The van der Waals surface area contributed by atoms with Gasteiger partial charge in [0.05, 0.1) is 5.39 Å². The Balaban J connectivity index is 2.33. The van der Waals surface area contributed by atoms with Crippen molar-refractivity contribution in [2.24, 2.45) is 0 Å². The maximum atomic E-state index is 12.1. The first-order chi connectivity index (χ1) is 9.97. The molecule has 1 aromatic heterocycles. The predicted molar refractivity (Wildman–Crippen MR) is 77.9 cm³/mol. The van der Waals surface area contributed by atoms with Crippen LogP contribution in [0.1, 0.15) is 0 Å². The van der Waals surface area contributed by atoms with Gasteiger partial charge in [-0.25, -0.2) is 0 Å². The van der Waals surface area contributed by atoms with Gasteiger partial charge in [-0.05, 0) is 36.4 Å². The summed E-state index contributed by atoms with van der Waals surface area (Å²) in [6, 6.07) is 8.31. The zero-order chi connectivity index (χ0) is 15.1. The molecule has 106 valence electrons. The molecule has 2 aromatic carbocycles. The Hall–Kier alpha value is -2.66. The van der Waals surface area contributed by atoms with Gasteiger partial charge in [0, 0.05) is 10.6 Å². The molecule has 3 rings (SSSR count). The summed E-state index contributed by atoms with van der Waals surface area (Å²) in [5, 5.41) is 29.3. The van der Waals surface area contributed by atoms with Crippen molar-refractivity contribution in [2.75, 3.05) is 0 Å². The molecule has 3 aromatic rings. The smallest absolute Gasteiger partial charge is 0.235 e. The first-order valence-electron chi connectivity index (χ1n) is 5.95. The summed E-state index contributed by atoms with van der Waals surface area (Å²) in [6.45, 7) is 0. The molecule has 0 radical (unpaired) electrons. The lowest BCUT2D eigenvalue weighted by atomic mass is 10.1. The zero-order valence-corrected chi connectivity index (χ0v) is 11.3. The van der Waals surface area contributed by atoms with E-state index in [9.17, 15) is 20.1 Å². The van der Waals surface area contributed by atoms with Crippen LogP contribution in [-0.4, -0.2) is 15.3 Å². The van der Waals surface area contributed by atoms with Crippen LogP contribution in [0, 0.1) is 0 Å². The van der Waals surface area contributed by atoms with Gasteiger partial charge in [-0.3, -0.25) is 4.79 Å². The molecule has 3 N–H and O–H groups in total. The van der Waals surface area contributed by atoms with Gasteiger partial charge in [-0.2, -0.15) is 0 Å². The highest BCUT2D eigenvalue weighted by Crippen LogP contribution is 2.35. The van der Waals surface area contributed by atoms with Crippen LogP contribution in [0.3, 0.4) is 0 Å². The van der Waals surface area contributed by atoms with Crippen LogP contribution >= 0.6 is 11.6 Å². The van der Waals surface area contributed by atoms with Crippen LogP contribution in [0.2, 0.25) is 5.02 Å². The molecule has 0 aliphatic carbocycles. The van der Waals surface area contributed by atoms with E-state index in [1.54, 1.807) is 6.07 Å². The Labute approximate surface area is 123 Å². The third-order valence-corrected chi connectivity index (χ3v) is 3.30. The van der Waals surface area contributed by atoms with Gasteiger partial charge in [-0.1, -0.05) is 11.6 Å². The molecular formula is C15H9ClO5. The van der Waals surface area contributed by atoms with Gasteiger partial charge < -0.3 is 19.7 Å². The fourth-order valence-corrected chi connectivity index (χ4v) is 2.19. The number of fused-ring (bicyclic) bond motifs is 1. The Kier molecular flexibility index (Phi) is 2.99. The Morgan fingerprint density at radius 3 is 2.43 bits per heavy atom. The number of phenolic OH excluding ortho intramolecular Hbond substituents is 2. The summed E-state index contributed by atoms with van der Waals surface area (Å²) >= 11 is 5.81. The van der Waals surface area contributed by atoms with E-state index in [0.29, 0.717) is 5.02 Å². The van der Waals surface area contributed by atoms with Crippen molar-refractivity contribution in [3.63, 3.8) is 0 Å². The maximum absolute atomic E-state index is 12.1. The lowest BCUT2D eigenvalue weighted by Gasteiger charge is -2.07. The number of rotatable bonds is 1. The third kappa shape index (κ3) is 2.17. The zero-order valence-electron chi connectivity index (χ0n) is 10.5. The molecule has 0 fully saturated rings. The van der Waals surface area contributed by atoms with Crippen LogP contribution in [0.25, 0.3) is 22.3 Å². The normalized spacial score (nSPS) is 10.9. The summed E-state index contributed by atoms with van der Waals surface area (Å²) < 4.78 is 5.51. The topological polar surface area (TPSA) is 90.9 Å². The Morgan fingerprint density at radius 1 is 0.952 bits per heavy atom. The highest BCUT2D eigenvalue weighted by Gasteiger charge is 2.16. The van der Waals surface area contributed by atoms with Gasteiger partial charge in [0.25, 0.3) is 0 Å². The molecule has 0 spiro atoms. The summed E-state index contributed by atoms with van der Waals surface area (Å²) in [7, 11) is 0. The SMILES string of the molecule is O=c1c(O)c(-c2ccc(O)c(O)c2)oc2ccc(Cl)cc12. The van der Waals surface area contributed by atoms with Crippen molar-refractivity contribution in [3.05, 3.63) is 51.6 Å². The van der Waals surface area contributed by atoms with E-state index in [2.05, 4.69) is 0 Å². The van der Waals surface area contributed by atoms with Gasteiger partial charge in [0.15, 0.2) is 17.3 Å². The van der Waals surface area contributed by atoms with Gasteiger partial charge in [0.1, 0.15) is 5.58 Å². The van der Waals surface area contributed by atoms with Crippen molar-refractivity contribution >= 4 is 22.6 Å². The van der Waals surface area contributed by atoms with E-state index >= 15 is 0 Å². The van der Waals surface area contributed by atoms with E-state index in [-0.39, 0.29) is 33.8 Å². The number of halogens is 1. The van der Waals surface area contributed by atoms with Gasteiger partial charge >= 0.3 is 0 Å². The number of hydrogen-bond donors (Lipinski definition) is 3. The lowest BCUT2D eigenvalue weighted by molar-refractivity contribution is 0.403. The van der Waals surface area contributed by atoms with Crippen LogP contribution in [0.15, 0.2) is 45.6 Å². The summed E-state index contributed by atoms with van der Waals surface area (Å²) in [5.74, 6) is -1.38. The molecule has 0 saturated heterocycles. The lowest BCUT2D eigenvalue weighted by Crippen LogP contribution is -2.02. The molecule has 5 nitrogen and oxygen atoms in total. The second-order valence-electron chi connectivity index (χ2n) is 4.45. The molecule has 21 heavy (non-hydrogen) atoms. The molecule has 1 heterocycles. The van der Waals surface area contributed by atoms with E-state index in [0.717, 1.165) is 0 Å². The average Bonchev–Trinajstić information content (AvgIpc) is 2.46. The molecule has 0 aliphatic rings. The second kappa shape index (κ2) is 4.71. The fraction of sp³-hybridized carbons (Fsp3) is 0. The van der Waals surface area contributed by atoms with Crippen molar-refractivity contribution in [1.29, 1.82) is 0 Å². The van der Waals surface area contributed by atoms with E-state index in [1.165, 1.54) is 30.3 Å². The average molecular weight is 305 g/mol. The molecule has 0 atom stereocenters. The van der Waals surface area contributed by atoms with Crippen LogP contribution in [0.4, 0.5) is 0 Å². The fourth-order valence-electron chi connectivity index (χ4n) is 2.02. The van der Waals surface area contributed by atoms with Gasteiger partial charge in [0.2, 0.25) is 11.2 Å². The minimum Gasteiger partial charge on any atom is -0.504 e. The number of benzene rings is 2. The first-order valence-corrected chi connectivity index (χ1v) is 6.33. The summed E-state index contributed by atoms with van der Waals surface area (Å²) in [6.07, 6.45) is 0. The molecule has 0 amide bonds. The van der Waals surface area contributed by atoms with E-state index in [4.69, 9.17) is 16.0 Å². The van der Waals surface area contributed by atoms with Crippen LogP contribution < -0.4 is 5.43 Å². The molecule has 0 aliphatic heterocycles. The quantitative estimate of drug-likeness (QED) is 0.600. The van der Waals surface area contributed by atoms with Gasteiger partial charge in [-0.15, -0.1) is 0 Å². The molecular weight excluding hydrogens is 296 g/mol. The number of phenols is 2. The monoisotopic (exact) mass is 304 g/mol. The molecule has 0 unspecified atom stereocenters. The summed E-state index contributed by atoms with van der Waals surface area (Å²) in [4.78, 5) is 12.1. The predicted octanol–water partition coefficient (Wildman–Crippen LogP) is 3.23. The Morgan fingerprint density at radius 2 is 1.71 bits per heavy atom. The van der Waals surface area contributed by atoms with Crippen molar-refractivity contribution in [3.8, 4) is 28.6 Å². The van der Waals surface area contributed by atoms with Crippen LogP contribution in [-0.2, 0) is 0 Å². The minimum atomic E-state index is -0.624. The molecule has 0 bridgehead atoms. The third-order valence-electron chi connectivity index (χ3n) is 3.07. The van der Waals surface area contributed by atoms with E-state index in [1.807, 2.05) is 0 Å². The van der Waals surface area contributed by atoms with Crippen molar-refractivity contribution < 1.29 is 19.7 Å².